The third-order valence-corrected chi connectivity index (χ3v) is 3.87. The number of anilines is 1. The number of amides is 2. The van der Waals surface area contributed by atoms with Crippen molar-refractivity contribution in [3.8, 4) is 5.75 Å². The second-order valence-corrected chi connectivity index (χ2v) is 5.86. The highest BCUT2D eigenvalue weighted by atomic mass is 16.5. The van der Waals surface area contributed by atoms with Gasteiger partial charge in [-0.3, -0.25) is 0 Å². The van der Waals surface area contributed by atoms with Crippen LogP contribution in [-0.4, -0.2) is 19.2 Å². The zero-order valence-corrected chi connectivity index (χ0v) is 14.7. The summed E-state index contributed by atoms with van der Waals surface area (Å²) in [4.78, 5) is 12.0. The molecule has 0 atom stereocenters. The fraction of sp³-hybridized carbons (Fsp3) is 0.350. The van der Waals surface area contributed by atoms with Crippen molar-refractivity contribution in [3.05, 3.63) is 59.2 Å². The maximum Gasteiger partial charge on any atom is 0.319 e. The van der Waals surface area contributed by atoms with Crippen LogP contribution in [0.5, 0.6) is 5.75 Å². The molecule has 0 radical (unpaired) electrons. The largest absolute Gasteiger partial charge is 0.494 e. The number of carbonyl (C=O) groups excluding carboxylic acids is 1. The smallest absolute Gasteiger partial charge is 0.319 e. The molecule has 0 aliphatic heterocycles. The van der Waals surface area contributed by atoms with E-state index in [0.717, 1.165) is 35.4 Å². The van der Waals surface area contributed by atoms with E-state index in [9.17, 15) is 4.79 Å². The van der Waals surface area contributed by atoms with Gasteiger partial charge in [0.15, 0.2) is 0 Å². The van der Waals surface area contributed by atoms with Gasteiger partial charge in [0.1, 0.15) is 5.75 Å². The van der Waals surface area contributed by atoms with Gasteiger partial charge < -0.3 is 15.4 Å². The lowest BCUT2D eigenvalue weighted by molar-refractivity contribution is 0.250. The first-order valence-electron chi connectivity index (χ1n) is 8.43. The fourth-order valence-corrected chi connectivity index (χ4v) is 2.46. The molecule has 2 N–H and O–H groups in total. The first kappa shape index (κ1) is 17.9. The molecule has 0 aliphatic carbocycles. The summed E-state index contributed by atoms with van der Waals surface area (Å²) in [6, 6.07) is 13.8. The number of aryl methyl sites for hydroxylation is 3. The molecule has 0 heterocycles. The number of rotatable bonds is 7. The van der Waals surface area contributed by atoms with Gasteiger partial charge in [0.25, 0.3) is 0 Å². The van der Waals surface area contributed by atoms with Crippen LogP contribution in [0.2, 0.25) is 0 Å². The van der Waals surface area contributed by atoms with E-state index in [1.807, 2.05) is 56.3 Å². The highest BCUT2D eigenvalue weighted by molar-refractivity contribution is 5.91. The summed E-state index contributed by atoms with van der Waals surface area (Å²) in [6.07, 6.45) is 1.65. The van der Waals surface area contributed by atoms with Crippen LogP contribution in [0.25, 0.3) is 0 Å². The van der Waals surface area contributed by atoms with Crippen molar-refractivity contribution in [2.45, 2.75) is 33.6 Å². The van der Waals surface area contributed by atoms with Crippen LogP contribution in [0.1, 0.15) is 30.0 Å². The second-order valence-electron chi connectivity index (χ2n) is 5.86. The van der Waals surface area contributed by atoms with Crippen molar-refractivity contribution in [1.82, 2.24) is 5.32 Å². The first-order chi connectivity index (χ1) is 11.6. The zero-order chi connectivity index (χ0) is 17.4. The molecule has 2 amide bonds. The quantitative estimate of drug-likeness (QED) is 0.738. The molecular formula is C20H26N2O2. The highest BCUT2D eigenvalue weighted by Gasteiger charge is 2.07. The molecule has 0 spiro atoms. The molecule has 4 nitrogen and oxygen atoms in total. The van der Waals surface area contributed by atoms with Crippen LogP contribution in [0, 0.1) is 13.8 Å². The van der Waals surface area contributed by atoms with Gasteiger partial charge >= 0.3 is 6.03 Å². The van der Waals surface area contributed by atoms with Crippen molar-refractivity contribution in [2.24, 2.45) is 0 Å². The molecule has 0 saturated carbocycles. The Kier molecular flexibility index (Phi) is 6.67. The van der Waals surface area contributed by atoms with Gasteiger partial charge in [-0.2, -0.15) is 0 Å². The minimum Gasteiger partial charge on any atom is -0.494 e. The second kappa shape index (κ2) is 8.96. The molecule has 0 bridgehead atoms. The van der Waals surface area contributed by atoms with E-state index < -0.39 is 0 Å². The van der Waals surface area contributed by atoms with E-state index in [0.29, 0.717) is 13.2 Å². The summed E-state index contributed by atoms with van der Waals surface area (Å²) in [7, 11) is 0. The number of ether oxygens (including phenoxy) is 1. The minimum atomic E-state index is -0.172. The number of hydrogen-bond donors (Lipinski definition) is 2. The number of hydrogen-bond acceptors (Lipinski definition) is 2. The Morgan fingerprint density at radius 1 is 1.08 bits per heavy atom. The molecule has 0 aromatic heterocycles. The van der Waals surface area contributed by atoms with Gasteiger partial charge in [-0.15, -0.1) is 0 Å². The van der Waals surface area contributed by atoms with Crippen LogP contribution in [0.3, 0.4) is 0 Å². The Morgan fingerprint density at radius 3 is 2.54 bits per heavy atom. The van der Waals surface area contributed by atoms with Crippen LogP contribution in [-0.2, 0) is 6.42 Å². The number of para-hydroxylation sites is 1. The van der Waals surface area contributed by atoms with Gasteiger partial charge in [0.05, 0.1) is 6.61 Å². The molecule has 2 aromatic rings. The highest BCUT2D eigenvalue weighted by Crippen LogP contribution is 2.20. The Morgan fingerprint density at radius 2 is 1.83 bits per heavy atom. The molecular weight excluding hydrogens is 300 g/mol. The third-order valence-electron chi connectivity index (χ3n) is 3.87. The molecule has 0 unspecified atom stereocenters. The van der Waals surface area contributed by atoms with E-state index in [4.69, 9.17) is 4.74 Å². The minimum absolute atomic E-state index is 0.172. The molecule has 2 rings (SSSR count). The van der Waals surface area contributed by atoms with E-state index in [1.165, 1.54) is 5.56 Å². The molecule has 0 aliphatic rings. The van der Waals surface area contributed by atoms with Crippen LogP contribution >= 0.6 is 0 Å². The van der Waals surface area contributed by atoms with Crippen LogP contribution in [0.15, 0.2) is 42.5 Å². The molecule has 0 fully saturated rings. The summed E-state index contributed by atoms with van der Waals surface area (Å²) in [5, 5.41) is 5.83. The predicted octanol–water partition coefficient (Wildman–Crippen LogP) is 4.46. The number of carbonyl (C=O) groups is 1. The lowest BCUT2D eigenvalue weighted by Crippen LogP contribution is -2.30. The lowest BCUT2D eigenvalue weighted by atomic mass is 10.1. The van der Waals surface area contributed by atoms with Crippen LogP contribution < -0.4 is 15.4 Å². The number of urea groups is 1. The van der Waals surface area contributed by atoms with Crippen molar-refractivity contribution < 1.29 is 9.53 Å². The Balaban J connectivity index is 1.71. The van der Waals surface area contributed by atoms with Gasteiger partial charge in [-0.1, -0.05) is 42.8 Å². The molecule has 24 heavy (non-hydrogen) atoms. The molecule has 0 saturated heterocycles. The number of nitrogens with one attached hydrogen (secondary N) is 2. The Bertz CT molecular complexity index is 666. The monoisotopic (exact) mass is 326 g/mol. The summed E-state index contributed by atoms with van der Waals surface area (Å²) in [6.45, 7) is 7.29. The van der Waals surface area contributed by atoms with E-state index in [2.05, 4.69) is 17.6 Å². The Hall–Kier alpha value is -2.49. The van der Waals surface area contributed by atoms with Crippen molar-refractivity contribution >= 4 is 11.7 Å². The lowest BCUT2D eigenvalue weighted by Gasteiger charge is -2.13. The summed E-state index contributed by atoms with van der Waals surface area (Å²) in [5.41, 5.74) is 4.34. The van der Waals surface area contributed by atoms with Gasteiger partial charge in [0, 0.05) is 12.2 Å². The third kappa shape index (κ3) is 5.30. The molecule has 2 aromatic carbocycles. The fourth-order valence-electron chi connectivity index (χ4n) is 2.46. The SMILES string of the molecule is CCc1cccc(C)c1NC(=O)NCCCOc1ccc(C)cc1. The van der Waals surface area contributed by atoms with Crippen molar-refractivity contribution in [1.29, 1.82) is 0 Å². The average molecular weight is 326 g/mol. The van der Waals surface area contributed by atoms with Gasteiger partial charge in [-0.05, 0) is 49.9 Å². The standard InChI is InChI=1S/C20H26N2O2/c1-4-17-8-5-7-16(3)19(17)22-20(23)21-13-6-14-24-18-11-9-15(2)10-12-18/h5,7-12H,4,6,13-14H2,1-3H3,(H2,21,22,23). The summed E-state index contributed by atoms with van der Waals surface area (Å²) >= 11 is 0. The first-order valence-corrected chi connectivity index (χ1v) is 8.43. The number of benzene rings is 2. The Labute approximate surface area is 144 Å². The maximum atomic E-state index is 12.0. The average Bonchev–Trinajstić information content (AvgIpc) is 2.58. The van der Waals surface area contributed by atoms with E-state index in [-0.39, 0.29) is 6.03 Å². The summed E-state index contributed by atoms with van der Waals surface area (Å²) in [5.74, 6) is 0.859. The van der Waals surface area contributed by atoms with E-state index in [1.54, 1.807) is 0 Å². The normalized spacial score (nSPS) is 10.3. The molecule has 4 heteroatoms. The predicted molar refractivity (Wildman–Crippen MR) is 98.9 cm³/mol. The summed E-state index contributed by atoms with van der Waals surface area (Å²) < 4.78 is 5.65. The van der Waals surface area contributed by atoms with Crippen LogP contribution in [0.4, 0.5) is 10.5 Å². The zero-order valence-electron chi connectivity index (χ0n) is 14.7. The van der Waals surface area contributed by atoms with Gasteiger partial charge in [0.2, 0.25) is 0 Å². The van der Waals surface area contributed by atoms with E-state index >= 15 is 0 Å². The van der Waals surface area contributed by atoms with Crippen molar-refractivity contribution in [2.75, 3.05) is 18.5 Å². The van der Waals surface area contributed by atoms with Crippen molar-refractivity contribution in [3.63, 3.8) is 0 Å². The molecule has 128 valence electrons. The van der Waals surface area contributed by atoms with Gasteiger partial charge in [-0.25, -0.2) is 4.79 Å². The maximum absolute atomic E-state index is 12.0. The topological polar surface area (TPSA) is 50.4 Å².